The molecule has 1 atom stereocenters. The highest BCUT2D eigenvalue weighted by Gasteiger charge is 2.29. The zero-order valence-electron chi connectivity index (χ0n) is 27.9. The molecule has 1 aliphatic heterocycles. The zero-order valence-corrected chi connectivity index (χ0v) is 29.4. The van der Waals surface area contributed by atoms with Crippen LogP contribution in [0.15, 0.2) is 54.0 Å². The van der Waals surface area contributed by atoms with Gasteiger partial charge in [0, 0.05) is 67.5 Å². The molecule has 3 heterocycles. The topological polar surface area (TPSA) is 119 Å². The van der Waals surface area contributed by atoms with Gasteiger partial charge in [-0.3, -0.25) is 23.9 Å². The number of hydrogen-bond donors (Lipinski definition) is 1. The smallest absolute Gasteiger partial charge is 0.298 e. The fourth-order valence-corrected chi connectivity index (χ4v) is 6.54. The minimum absolute atomic E-state index is 0.130. The van der Waals surface area contributed by atoms with E-state index in [2.05, 4.69) is 33.6 Å². The number of methoxy groups -OCH3 is 2. The van der Waals surface area contributed by atoms with E-state index in [4.69, 9.17) is 37.7 Å². The first-order valence-corrected chi connectivity index (χ1v) is 16.2. The molecule has 1 saturated heterocycles. The molecule has 0 radical (unpaired) electrons. The number of ketones is 1. The summed E-state index contributed by atoms with van der Waals surface area (Å²) in [6, 6.07) is 8.57. The van der Waals surface area contributed by atoms with E-state index < -0.39 is 5.56 Å². The number of amides is 1. The van der Waals surface area contributed by atoms with E-state index in [1.807, 2.05) is 32.2 Å². The number of allylic oxidation sites excluding steroid dienone is 1. The summed E-state index contributed by atoms with van der Waals surface area (Å²) in [5, 5.41) is 4.09. The molecule has 4 aromatic rings. The number of fused-ring (bicyclic) bond motifs is 1. The summed E-state index contributed by atoms with van der Waals surface area (Å²) in [6.45, 7) is 8.73. The number of aromatic nitrogens is 3. The summed E-state index contributed by atoms with van der Waals surface area (Å²) in [6.07, 6.45) is 3.04. The highest BCUT2D eigenvalue weighted by molar-refractivity contribution is 6.41. The number of benzene rings is 2. The maximum absolute atomic E-state index is 14.6. The summed E-state index contributed by atoms with van der Waals surface area (Å²) in [7, 11) is 4.87. The largest absolute Gasteiger partial charge is 0.495 e. The van der Waals surface area contributed by atoms with Crippen LogP contribution in [0.5, 0.6) is 11.5 Å². The second kappa shape index (κ2) is 15.1. The van der Waals surface area contributed by atoms with Crippen LogP contribution < -0.4 is 20.3 Å². The van der Waals surface area contributed by atoms with Crippen molar-refractivity contribution < 1.29 is 19.1 Å². The molecule has 1 fully saturated rings. The Morgan fingerprint density at radius 2 is 1.86 bits per heavy atom. The second-order valence-electron chi connectivity index (χ2n) is 11.6. The van der Waals surface area contributed by atoms with Gasteiger partial charge < -0.3 is 19.7 Å². The number of halogens is 2. The molecule has 0 aliphatic carbocycles. The minimum Gasteiger partial charge on any atom is -0.495 e. The number of piperazine rings is 1. The lowest BCUT2D eigenvalue weighted by atomic mass is 10.0. The Balaban J connectivity index is 1.70. The van der Waals surface area contributed by atoms with Gasteiger partial charge in [-0.25, -0.2) is 4.98 Å². The van der Waals surface area contributed by atoms with E-state index in [9.17, 15) is 14.4 Å². The molecular weight excluding hydrogens is 667 g/mol. The summed E-state index contributed by atoms with van der Waals surface area (Å²) >= 11 is 13.6. The number of ether oxygens (including phenoxy) is 2. The van der Waals surface area contributed by atoms with E-state index in [1.54, 1.807) is 34.7 Å². The number of hydrogen-bond acceptors (Lipinski definition) is 9. The number of carbonyl (C=O) groups is 2. The number of aryl methyl sites for hydroxylation is 1. The van der Waals surface area contributed by atoms with Crippen LogP contribution in [0.4, 0.5) is 11.6 Å². The van der Waals surface area contributed by atoms with Crippen molar-refractivity contribution in [3.63, 3.8) is 0 Å². The third-order valence-corrected chi connectivity index (χ3v) is 9.30. The van der Waals surface area contributed by atoms with Crippen molar-refractivity contribution in [2.45, 2.75) is 32.9 Å². The van der Waals surface area contributed by atoms with E-state index in [-0.39, 0.29) is 69.3 Å². The average Bonchev–Trinajstić information content (AvgIpc) is 3.09. The predicted molar refractivity (Wildman–Crippen MR) is 192 cm³/mol. The number of likely N-dealkylation sites (N-methyl/N-ethyl adjacent to an activating group) is 1. The van der Waals surface area contributed by atoms with Gasteiger partial charge in [-0.15, -0.1) is 0 Å². The van der Waals surface area contributed by atoms with Crippen molar-refractivity contribution in [1.82, 2.24) is 24.3 Å². The molecule has 1 amide bonds. The molecule has 11 nitrogen and oxygen atoms in total. The monoisotopic (exact) mass is 702 g/mol. The van der Waals surface area contributed by atoms with Crippen LogP contribution in [0.2, 0.25) is 10.0 Å². The molecule has 1 aliphatic rings. The number of carbonyl (C=O) groups excluding carboxylic acids is 2. The van der Waals surface area contributed by atoms with Crippen molar-refractivity contribution in [2.24, 2.45) is 0 Å². The number of pyridine rings is 1. The van der Waals surface area contributed by atoms with Crippen molar-refractivity contribution in [2.75, 3.05) is 46.2 Å². The highest BCUT2D eigenvalue weighted by Crippen LogP contribution is 2.45. The molecular formula is C36H36Cl2N6O5. The maximum atomic E-state index is 14.6. The van der Waals surface area contributed by atoms with E-state index in [0.717, 1.165) is 11.1 Å². The van der Waals surface area contributed by atoms with Gasteiger partial charge in [-0.2, -0.15) is 4.98 Å². The molecule has 1 unspecified atom stereocenters. The average molecular weight is 704 g/mol. The lowest BCUT2D eigenvalue weighted by molar-refractivity contribution is -0.127. The fourth-order valence-electron chi connectivity index (χ4n) is 5.84. The Labute approximate surface area is 294 Å². The molecule has 5 rings (SSSR count). The van der Waals surface area contributed by atoms with Gasteiger partial charge in [-0.05, 0) is 50.1 Å². The lowest BCUT2D eigenvalue weighted by Gasteiger charge is -2.39. The molecule has 0 spiro atoms. The molecule has 13 heteroatoms. The number of anilines is 2. The van der Waals surface area contributed by atoms with Crippen LogP contribution in [0, 0.1) is 18.8 Å². The number of nitrogens with zero attached hydrogens (tertiary/aromatic N) is 5. The van der Waals surface area contributed by atoms with Gasteiger partial charge in [0.25, 0.3) is 11.5 Å². The van der Waals surface area contributed by atoms with Crippen molar-refractivity contribution >= 4 is 57.6 Å². The SMILES string of the molecule is C=CC(=O)Cc1cccc(C)c1Nc1ncc2cc(-c3c(Cl)c(OC)cc(OC)c3Cl)c(=O)n(CC3CN(C(=O)C#CC)CCN3C)c2n1. The van der Waals surface area contributed by atoms with Crippen LogP contribution in [-0.4, -0.2) is 83.0 Å². The minimum atomic E-state index is -0.422. The molecule has 254 valence electrons. The highest BCUT2D eigenvalue weighted by atomic mass is 35.5. The van der Waals surface area contributed by atoms with Gasteiger partial charge >= 0.3 is 0 Å². The first kappa shape index (κ1) is 35.4. The van der Waals surface area contributed by atoms with Gasteiger partial charge in [0.05, 0.1) is 29.8 Å². The summed E-state index contributed by atoms with van der Waals surface area (Å²) in [4.78, 5) is 52.8. The van der Waals surface area contributed by atoms with Crippen molar-refractivity contribution in [3.05, 3.63) is 80.7 Å². The number of rotatable bonds is 10. The first-order chi connectivity index (χ1) is 23.5. The Morgan fingerprint density at radius 1 is 1.14 bits per heavy atom. The van der Waals surface area contributed by atoms with E-state index in [1.165, 1.54) is 20.3 Å². The van der Waals surface area contributed by atoms with Gasteiger partial charge in [-0.1, -0.05) is 53.9 Å². The number of nitrogens with one attached hydrogen (secondary N) is 1. The normalized spacial score (nSPS) is 14.6. The first-order valence-electron chi connectivity index (χ1n) is 15.4. The van der Waals surface area contributed by atoms with Crippen molar-refractivity contribution in [1.29, 1.82) is 0 Å². The Morgan fingerprint density at radius 3 is 2.51 bits per heavy atom. The predicted octanol–water partition coefficient (Wildman–Crippen LogP) is 5.30. The summed E-state index contributed by atoms with van der Waals surface area (Å²) < 4.78 is 12.5. The lowest BCUT2D eigenvalue weighted by Crippen LogP contribution is -2.55. The van der Waals surface area contributed by atoms with Crippen LogP contribution in [0.25, 0.3) is 22.2 Å². The zero-order chi connectivity index (χ0) is 35.4. The molecule has 2 aromatic carbocycles. The van der Waals surface area contributed by atoms with Crippen LogP contribution in [-0.2, 0) is 22.6 Å². The third kappa shape index (κ3) is 7.27. The molecule has 0 bridgehead atoms. The van der Waals surface area contributed by atoms with Crippen LogP contribution in [0.3, 0.4) is 0 Å². The standard InChI is InChI=1S/C36H36Cl2N6O5/c1-7-10-29(46)43-14-13-42(4)24(19-43)20-44-34-23(16-26(35(44)47)30-31(37)27(48-5)17-28(49-6)32(30)38)18-39-36(41-34)40-33-21(3)11-9-12-22(33)15-25(45)8-2/h8-9,11-12,16-18,24H,2,13-15,19-20H2,1,3-6H3,(H,39,40,41). The fraction of sp³-hybridized carbons (Fsp3) is 0.306. The Bertz CT molecular complexity index is 2060. The third-order valence-electron chi connectivity index (χ3n) is 8.55. The molecule has 2 aromatic heterocycles. The molecule has 1 N–H and O–H groups in total. The molecule has 49 heavy (non-hydrogen) atoms. The number of para-hydroxylation sites is 1. The summed E-state index contributed by atoms with van der Waals surface area (Å²) in [5.74, 6) is 5.67. The van der Waals surface area contributed by atoms with Gasteiger partial charge in [0.1, 0.15) is 17.1 Å². The quantitative estimate of drug-likeness (QED) is 0.174. The summed E-state index contributed by atoms with van der Waals surface area (Å²) in [5.41, 5.74) is 2.67. The van der Waals surface area contributed by atoms with Gasteiger partial charge in [0.15, 0.2) is 5.78 Å². The Hall–Kier alpha value is -4.89. The second-order valence-corrected chi connectivity index (χ2v) is 12.3. The van der Waals surface area contributed by atoms with E-state index in [0.29, 0.717) is 36.4 Å². The van der Waals surface area contributed by atoms with Crippen molar-refractivity contribution in [3.8, 4) is 34.5 Å². The van der Waals surface area contributed by atoms with Crippen LogP contribution in [0.1, 0.15) is 18.1 Å². The molecule has 0 saturated carbocycles. The Kier molecular flexibility index (Phi) is 10.9. The maximum Gasteiger partial charge on any atom is 0.298 e. The van der Waals surface area contributed by atoms with E-state index >= 15 is 0 Å². The van der Waals surface area contributed by atoms with Crippen LogP contribution >= 0.6 is 23.2 Å². The van der Waals surface area contributed by atoms with Gasteiger partial charge in [0.2, 0.25) is 5.95 Å².